The van der Waals surface area contributed by atoms with Crippen LogP contribution in [0.1, 0.15) is 38.2 Å². The molecule has 1 amide bonds. The van der Waals surface area contributed by atoms with Crippen molar-refractivity contribution in [3.8, 4) is 5.75 Å². The van der Waals surface area contributed by atoms with Crippen LogP contribution in [0.25, 0.3) is 0 Å². The summed E-state index contributed by atoms with van der Waals surface area (Å²) >= 11 is 5.88. The van der Waals surface area contributed by atoms with Gasteiger partial charge in [-0.2, -0.15) is 13.2 Å². The van der Waals surface area contributed by atoms with Crippen LogP contribution in [-0.4, -0.2) is 25.2 Å². The number of carbonyl (C=O) groups excluding carboxylic acids is 1. The van der Waals surface area contributed by atoms with Gasteiger partial charge in [0.25, 0.3) is 0 Å². The van der Waals surface area contributed by atoms with Crippen LogP contribution in [0.3, 0.4) is 0 Å². The minimum Gasteiger partial charge on any atom is -0.490 e. The lowest BCUT2D eigenvalue weighted by Crippen LogP contribution is -2.45. The number of alkyl halides is 3. The van der Waals surface area contributed by atoms with Crippen molar-refractivity contribution in [2.45, 2.75) is 39.3 Å². The third-order valence-corrected chi connectivity index (χ3v) is 4.95. The highest BCUT2D eigenvalue weighted by Gasteiger charge is 2.40. The maximum Gasteiger partial charge on any atom is 0.420 e. The van der Waals surface area contributed by atoms with E-state index in [-0.39, 0.29) is 24.7 Å². The van der Waals surface area contributed by atoms with Gasteiger partial charge in [-0.1, -0.05) is 23.7 Å². The van der Waals surface area contributed by atoms with Crippen LogP contribution in [0.2, 0.25) is 5.02 Å². The lowest BCUT2D eigenvalue weighted by molar-refractivity contribution is -0.226. The molecule has 0 unspecified atom stereocenters. The van der Waals surface area contributed by atoms with Gasteiger partial charge in [-0.3, -0.25) is 4.79 Å². The van der Waals surface area contributed by atoms with Gasteiger partial charge in [0, 0.05) is 16.3 Å². The van der Waals surface area contributed by atoms with Gasteiger partial charge in [-0.15, -0.1) is 0 Å². The van der Waals surface area contributed by atoms with Gasteiger partial charge in [0.2, 0.25) is 5.91 Å². The smallest absolute Gasteiger partial charge is 0.420 e. The zero-order chi connectivity index (χ0) is 22.8. The van der Waals surface area contributed by atoms with Crippen molar-refractivity contribution in [2.24, 2.45) is 5.41 Å². The number of anilines is 1. The van der Waals surface area contributed by atoms with E-state index in [1.165, 1.54) is 12.1 Å². The quantitative estimate of drug-likeness (QED) is 0.613. The Kier molecular flexibility index (Phi) is 6.83. The molecule has 0 bridgehead atoms. The maximum atomic E-state index is 13.4. The summed E-state index contributed by atoms with van der Waals surface area (Å²) < 4.78 is 56.9. The van der Waals surface area contributed by atoms with Crippen LogP contribution in [0.15, 0.2) is 42.5 Å². The van der Waals surface area contributed by atoms with E-state index in [0.717, 1.165) is 11.6 Å². The van der Waals surface area contributed by atoms with Crippen LogP contribution < -0.4 is 10.1 Å². The summed E-state index contributed by atoms with van der Waals surface area (Å²) in [7, 11) is 0. The minimum absolute atomic E-state index is 0.00878. The zero-order valence-electron chi connectivity index (χ0n) is 17.3. The second-order valence-electron chi connectivity index (χ2n) is 7.90. The molecule has 0 spiro atoms. The average molecular weight is 458 g/mol. The first-order valence-corrected chi connectivity index (χ1v) is 10.0. The summed E-state index contributed by atoms with van der Waals surface area (Å²) in [6.45, 7) is 4.97. The molecule has 1 N–H and O–H groups in total. The number of rotatable bonds is 5. The molecule has 9 heteroatoms. The van der Waals surface area contributed by atoms with Gasteiger partial charge >= 0.3 is 6.18 Å². The Morgan fingerprint density at radius 1 is 1.16 bits per heavy atom. The molecule has 0 saturated carbocycles. The molecule has 1 aliphatic heterocycles. The number of amides is 1. The van der Waals surface area contributed by atoms with Gasteiger partial charge in [0.1, 0.15) is 5.75 Å². The molecule has 2 aromatic rings. The largest absolute Gasteiger partial charge is 0.490 e. The second-order valence-corrected chi connectivity index (χ2v) is 8.33. The highest BCUT2D eigenvalue weighted by Crippen LogP contribution is 2.39. The molecule has 1 heterocycles. The van der Waals surface area contributed by atoms with Crippen molar-refractivity contribution in [1.29, 1.82) is 0 Å². The van der Waals surface area contributed by atoms with E-state index in [1.54, 1.807) is 45.0 Å². The van der Waals surface area contributed by atoms with Crippen molar-refractivity contribution in [2.75, 3.05) is 18.5 Å². The maximum absolute atomic E-state index is 13.4. The molecular formula is C22H23ClF3NO4. The van der Waals surface area contributed by atoms with E-state index in [0.29, 0.717) is 5.02 Å². The van der Waals surface area contributed by atoms with Crippen LogP contribution in [0, 0.1) is 5.41 Å². The molecule has 2 aromatic carbocycles. The monoisotopic (exact) mass is 457 g/mol. The Morgan fingerprint density at radius 2 is 1.77 bits per heavy atom. The Hall–Kier alpha value is -2.29. The second kappa shape index (κ2) is 9.06. The standard InChI is InChI=1S/C22H23ClF3NO4/c1-13(2)31-18-9-8-16(10-17(18)22(24,25)26)27-20(28)21(3)11-29-19(30-12-21)14-4-6-15(23)7-5-14/h4-10,13,19H,11-12H2,1-3H3,(H,27,28). The first-order chi connectivity index (χ1) is 14.5. The molecule has 168 valence electrons. The number of carbonyl (C=O) groups is 1. The van der Waals surface area contributed by atoms with Crippen LogP contribution >= 0.6 is 11.6 Å². The van der Waals surface area contributed by atoms with Crippen LogP contribution in [-0.2, 0) is 20.4 Å². The predicted octanol–water partition coefficient (Wildman–Crippen LogP) is 5.84. The molecule has 0 atom stereocenters. The van der Waals surface area contributed by atoms with Crippen molar-refractivity contribution in [1.82, 2.24) is 0 Å². The van der Waals surface area contributed by atoms with Crippen LogP contribution in [0.4, 0.5) is 18.9 Å². The lowest BCUT2D eigenvalue weighted by atomic mass is 9.90. The highest BCUT2D eigenvalue weighted by atomic mass is 35.5. The summed E-state index contributed by atoms with van der Waals surface area (Å²) in [5.41, 5.74) is -1.27. The molecule has 1 fully saturated rings. The lowest BCUT2D eigenvalue weighted by Gasteiger charge is -2.36. The van der Waals surface area contributed by atoms with E-state index >= 15 is 0 Å². The average Bonchev–Trinajstić information content (AvgIpc) is 2.69. The molecule has 3 rings (SSSR count). The molecule has 1 saturated heterocycles. The Morgan fingerprint density at radius 3 is 2.32 bits per heavy atom. The normalized spacial score (nSPS) is 21.7. The summed E-state index contributed by atoms with van der Waals surface area (Å²) in [4.78, 5) is 12.8. The summed E-state index contributed by atoms with van der Waals surface area (Å²) in [5.74, 6) is -0.797. The Balaban J connectivity index is 1.70. The molecule has 0 aliphatic carbocycles. The number of halogens is 4. The van der Waals surface area contributed by atoms with Crippen molar-refractivity contribution in [3.05, 3.63) is 58.6 Å². The molecule has 0 radical (unpaired) electrons. The third kappa shape index (κ3) is 5.70. The number of nitrogens with one attached hydrogen (secondary N) is 1. The fourth-order valence-corrected chi connectivity index (χ4v) is 3.15. The summed E-state index contributed by atoms with van der Waals surface area (Å²) in [6.07, 6.45) is -5.70. The fraction of sp³-hybridized carbons (Fsp3) is 0.409. The number of hydrogen-bond acceptors (Lipinski definition) is 4. The zero-order valence-corrected chi connectivity index (χ0v) is 18.0. The highest BCUT2D eigenvalue weighted by molar-refractivity contribution is 6.30. The molecular weight excluding hydrogens is 435 g/mol. The Labute approximate surface area is 183 Å². The SMILES string of the molecule is CC(C)Oc1ccc(NC(=O)C2(C)COC(c3ccc(Cl)cc3)OC2)cc1C(F)(F)F. The van der Waals surface area contributed by atoms with E-state index in [1.807, 2.05) is 0 Å². The third-order valence-electron chi connectivity index (χ3n) is 4.70. The van der Waals surface area contributed by atoms with Crippen LogP contribution in [0.5, 0.6) is 5.75 Å². The van der Waals surface area contributed by atoms with Crippen molar-refractivity contribution in [3.63, 3.8) is 0 Å². The van der Waals surface area contributed by atoms with Crippen molar-refractivity contribution < 1.29 is 32.2 Å². The number of hydrogen-bond donors (Lipinski definition) is 1. The predicted molar refractivity (Wildman–Crippen MR) is 110 cm³/mol. The van der Waals surface area contributed by atoms with Gasteiger partial charge < -0.3 is 19.5 Å². The molecule has 0 aromatic heterocycles. The topological polar surface area (TPSA) is 56.8 Å². The van der Waals surface area contributed by atoms with Gasteiger partial charge in [0.05, 0.1) is 30.3 Å². The Bertz CT molecular complexity index is 923. The van der Waals surface area contributed by atoms with E-state index in [9.17, 15) is 18.0 Å². The first kappa shape index (κ1) is 23.4. The van der Waals surface area contributed by atoms with Gasteiger partial charge in [-0.05, 0) is 51.1 Å². The van der Waals surface area contributed by atoms with E-state index in [4.69, 9.17) is 25.8 Å². The number of benzene rings is 2. The first-order valence-electron chi connectivity index (χ1n) is 9.66. The molecule has 5 nitrogen and oxygen atoms in total. The molecule has 31 heavy (non-hydrogen) atoms. The fourth-order valence-electron chi connectivity index (χ4n) is 3.02. The van der Waals surface area contributed by atoms with Gasteiger partial charge in [-0.25, -0.2) is 0 Å². The minimum atomic E-state index is -4.63. The van der Waals surface area contributed by atoms with E-state index < -0.39 is 35.5 Å². The van der Waals surface area contributed by atoms with Gasteiger partial charge in [0.15, 0.2) is 6.29 Å². The van der Waals surface area contributed by atoms with E-state index in [2.05, 4.69) is 5.32 Å². The summed E-state index contributed by atoms with van der Waals surface area (Å²) in [5, 5.41) is 3.11. The van der Waals surface area contributed by atoms with Crippen molar-refractivity contribution >= 4 is 23.2 Å². The molecule has 1 aliphatic rings. The summed E-state index contributed by atoms with van der Waals surface area (Å²) in [6, 6.07) is 10.4. The number of ether oxygens (including phenoxy) is 3.